The Morgan fingerprint density at radius 2 is 2.16 bits per heavy atom. The molecule has 0 aromatic carbocycles. The van der Waals surface area contributed by atoms with Crippen molar-refractivity contribution in [3.05, 3.63) is 10.2 Å². The van der Waals surface area contributed by atoms with Crippen molar-refractivity contribution in [2.24, 2.45) is 7.05 Å². The second kappa shape index (κ2) is 6.74. The molecule has 1 rings (SSSR count). The Morgan fingerprint density at radius 1 is 1.53 bits per heavy atom. The quantitative estimate of drug-likeness (QED) is 0.249. The zero-order valence-electron chi connectivity index (χ0n) is 9.65. The first-order chi connectivity index (χ1) is 8.47. The van der Waals surface area contributed by atoms with Gasteiger partial charge in [0.25, 0.3) is 0 Å². The Bertz CT molecular complexity index is 491. The summed E-state index contributed by atoms with van der Waals surface area (Å²) >= 11 is 3.06. The summed E-state index contributed by atoms with van der Waals surface area (Å²) in [4.78, 5) is 32.2. The molecule has 0 saturated carbocycles. The van der Waals surface area contributed by atoms with Gasteiger partial charge in [0, 0.05) is 13.5 Å². The van der Waals surface area contributed by atoms with E-state index in [9.17, 15) is 14.4 Å². The largest absolute Gasteiger partial charge is 0.529 e. The molecule has 1 heterocycles. The minimum atomic E-state index is -1.16. The first kappa shape index (κ1) is 16.1. The smallest absolute Gasteiger partial charge is 0.355 e. The molecule has 0 atom stereocenters. The van der Waals surface area contributed by atoms with E-state index < -0.39 is 11.9 Å². The van der Waals surface area contributed by atoms with Crippen molar-refractivity contribution < 1.29 is 19.5 Å². The van der Waals surface area contributed by atoms with E-state index in [1.165, 1.54) is 13.5 Å². The number of anilines is 1. The summed E-state index contributed by atoms with van der Waals surface area (Å²) in [6.07, 6.45) is 1.48. The van der Waals surface area contributed by atoms with Crippen LogP contribution in [0, 0.1) is 0 Å². The van der Waals surface area contributed by atoms with Crippen molar-refractivity contribution >= 4 is 40.0 Å². The molecule has 0 aliphatic carbocycles. The third-order valence-electron chi connectivity index (χ3n) is 2.00. The molecule has 110 valence electrons. The fourth-order valence-corrected chi connectivity index (χ4v) is 1.84. The van der Waals surface area contributed by atoms with Crippen LogP contribution in [-0.4, -0.2) is 39.7 Å². The molecule has 8 nitrogen and oxygen atoms in total. The number of aromatic carboxylic acids is 1. The number of carbonyl (C=O) groups excluding carboxylic acids is 2. The van der Waals surface area contributed by atoms with Crippen molar-refractivity contribution in [1.82, 2.24) is 15.1 Å². The van der Waals surface area contributed by atoms with E-state index in [-0.39, 0.29) is 29.0 Å². The molecule has 1 aromatic heterocycles. The number of carbonyl (C=O) groups is 2. The van der Waals surface area contributed by atoms with Gasteiger partial charge in [-0.3, -0.25) is 9.48 Å². The number of rotatable bonds is 6. The number of nitrogens with one attached hydrogen (secondary N) is 2. The van der Waals surface area contributed by atoms with E-state index in [1.807, 2.05) is 0 Å². The van der Waals surface area contributed by atoms with Crippen molar-refractivity contribution in [3.8, 4) is 0 Å². The Labute approximate surface area is 110 Å². The Balaban J connectivity index is 0.00000324. The van der Waals surface area contributed by atoms with Crippen LogP contribution in [0.2, 0.25) is 0 Å². The van der Waals surface area contributed by atoms with Gasteiger partial charge in [-0.05, 0) is 22.5 Å². The van der Waals surface area contributed by atoms with Crippen molar-refractivity contribution in [1.29, 1.82) is 0 Å². The molecular formula is C9H10BrFmN4O4-. The van der Waals surface area contributed by atoms with E-state index in [0.29, 0.717) is 0 Å². The predicted octanol–water partition coefficient (Wildman–Crippen LogP) is -0.134. The number of amides is 2. The maximum absolute atomic E-state index is 11.4. The molecular weight excluding hydrogens is 565 g/mol. The average molecular weight is 575 g/mol. The summed E-state index contributed by atoms with van der Waals surface area (Å²) in [6, 6.07) is 0. The predicted molar refractivity (Wildman–Crippen MR) is 64.8 cm³/mol. The van der Waals surface area contributed by atoms with Crippen LogP contribution in [0.1, 0.15) is 16.9 Å². The van der Waals surface area contributed by atoms with Crippen molar-refractivity contribution in [2.75, 3.05) is 11.9 Å². The third kappa shape index (κ3) is 3.80. The van der Waals surface area contributed by atoms with Gasteiger partial charge in [0.05, 0.1) is 4.47 Å². The van der Waals surface area contributed by atoms with Crippen LogP contribution in [0.5, 0.6) is 0 Å². The second-order valence-electron chi connectivity index (χ2n) is 3.27. The summed E-state index contributed by atoms with van der Waals surface area (Å²) in [6.45, 7) is 0.144. The van der Waals surface area contributed by atoms with Gasteiger partial charge in [0.2, 0.25) is 5.91 Å². The summed E-state index contributed by atoms with van der Waals surface area (Å²) in [5, 5.41) is 17.4. The average Bonchev–Trinajstić information content (AvgIpc) is 2.54. The van der Waals surface area contributed by atoms with E-state index in [2.05, 4.69) is 31.7 Å². The molecule has 1 aromatic rings. The van der Waals surface area contributed by atoms with Crippen molar-refractivity contribution in [3.63, 3.8) is 0 Å². The van der Waals surface area contributed by atoms with Crippen molar-refractivity contribution in [2.45, 2.75) is 6.42 Å². The molecule has 0 spiro atoms. The molecule has 2 amide bonds. The van der Waals surface area contributed by atoms with Crippen LogP contribution in [-0.2, 0) is 16.6 Å². The number of carboxylic acids is 1. The Morgan fingerprint density at radius 3 is 2.63 bits per heavy atom. The molecule has 3 N–H and O–H groups in total. The standard InChI is InChI=1S/C9H10BrN4O4.Fm/c1-14-7(9(17)18)6(10)8(13-14)12-5(16)2-3-11-4-15;/h2-3H2,1H3,(H,11,15)(H,17,18)(H,12,13,16);/q-1;. The van der Waals surface area contributed by atoms with Crippen LogP contribution in [0.15, 0.2) is 4.47 Å². The third-order valence-corrected chi connectivity index (χ3v) is 2.75. The zero-order valence-corrected chi connectivity index (χ0v) is 13.6. The maximum Gasteiger partial charge on any atom is 0.355 e. The first-order valence-corrected chi connectivity index (χ1v) is 5.62. The Kier molecular flexibility index (Phi) is 5.71. The topological polar surface area (TPSA) is 113 Å². The van der Waals surface area contributed by atoms with Crippen LogP contribution in [0.3, 0.4) is 0 Å². The molecule has 0 aliphatic rings. The molecule has 0 unspecified atom stereocenters. The van der Waals surface area contributed by atoms with E-state index in [1.54, 1.807) is 0 Å². The summed E-state index contributed by atoms with van der Waals surface area (Å²) in [5.74, 6) is -1.43. The number of aromatic nitrogens is 2. The van der Waals surface area contributed by atoms with Gasteiger partial charge >= 0.3 is 5.97 Å². The van der Waals surface area contributed by atoms with E-state index in [0.717, 1.165) is 4.68 Å². The van der Waals surface area contributed by atoms with Gasteiger partial charge in [-0.2, -0.15) is 11.5 Å². The van der Waals surface area contributed by atoms with Gasteiger partial charge in [0.1, 0.15) is 0 Å². The fraction of sp³-hybridized carbons (Fsp3) is 0.333. The van der Waals surface area contributed by atoms with Crippen LogP contribution < -0.4 is 10.6 Å². The zero-order chi connectivity index (χ0) is 13.7. The Hall–Kier alpha value is -2.90. The van der Waals surface area contributed by atoms with Gasteiger partial charge < -0.3 is 20.5 Å². The van der Waals surface area contributed by atoms with Gasteiger partial charge in [-0.1, -0.05) is 0 Å². The normalized spacial score (nSPS) is 9.37. The van der Waals surface area contributed by atoms with Gasteiger partial charge in [-0.25, -0.2) is 4.79 Å². The van der Waals surface area contributed by atoms with E-state index in [4.69, 9.17) is 5.11 Å². The number of carboxylic acid groups (broad SMARTS) is 1. The first-order valence-electron chi connectivity index (χ1n) is 4.83. The van der Waals surface area contributed by atoms with Crippen LogP contribution >= 0.6 is 15.9 Å². The van der Waals surface area contributed by atoms with Gasteiger partial charge in [-0.15, -0.1) is 0 Å². The number of hydrogen-bond donors (Lipinski definition) is 3. The number of nitrogens with zero attached hydrogens (tertiary/aromatic N) is 2. The summed E-state index contributed by atoms with van der Waals surface area (Å²) in [5.41, 5.74) is -0.0651. The molecule has 0 fully saturated rings. The number of halogens is 1. The molecule has 0 bridgehead atoms. The number of hydrogen-bond acceptors (Lipinski definition) is 4. The fourth-order valence-electron chi connectivity index (χ4n) is 1.23. The molecule has 10 heteroatoms. The molecule has 0 aliphatic heterocycles. The van der Waals surface area contributed by atoms with E-state index >= 15 is 0 Å². The maximum atomic E-state index is 11.4. The minimum absolute atomic E-state index is 0. The summed E-state index contributed by atoms with van der Waals surface area (Å²) < 4.78 is 1.33. The molecule has 19 heavy (non-hydrogen) atoms. The van der Waals surface area contributed by atoms with Crippen LogP contribution in [0.4, 0.5) is 5.82 Å². The SMILES string of the molecule is Cn1nc(NC(=O)CCN[C-]=O)c(Br)c1C(=O)O.[Fm]. The molecule has 0 saturated heterocycles. The van der Waals surface area contributed by atoms with Crippen LogP contribution in [0.25, 0.3) is 0 Å². The summed E-state index contributed by atoms with van der Waals surface area (Å²) in [7, 11) is 1.45. The second-order valence-corrected chi connectivity index (χ2v) is 4.06. The monoisotopic (exact) mass is 574 g/mol. The number of aryl methyl sites for hydroxylation is 1. The molecule has 0 radical (unpaired) electrons. The minimum Gasteiger partial charge on any atom is -0.529 e. The van der Waals surface area contributed by atoms with Gasteiger partial charge in [0.15, 0.2) is 11.5 Å².